The van der Waals surface area contributed by atoms with Crippen LogP contribution in [0.3, 0.4) is 0 Å². The van der Waals surface area contributed by atoms with Crippen molar-refractivity contribution in [2.24, 2.45) is 23.5 Å². The van der Waals surface area contributed by atoms with Gasteiger partial charge < -0.3 is 10.6 Å². The van der Waals surface area contributed by atoms with E-state index in [1.54, 1.807) is 0 Å². The predicted octanol–water partition coefficient (Wildman–Crippen LogP) is 2.79. The average Bonchev–Trinajstić information content (AvgIpc) is 2.64. The first-order chi connectivity index (χ1) is 9.19. The van der Waals surface area contributed by atoms with Crippen molar-refractivity contribution in [3.05, 3.63) is 0 Å². The molecule has 2 N–H and O–H groups in total. The number of carbonyl (C=O) groups excluding carboxylic acids is 1. The van der Waals surface area contributed by atoms with Crippen molar-refractivity contribution in [3.63, 3.8) is 0 Å². The zero-order valence-corrected chi connectivity index (χ0v) is 12.4. The summed E-state index contributed by atoms with van der Waals surface area (Å²) in [6.45, 7) is 5.10. The molecule has 3 nitrogen and oxygen atoms in total. The van der Waals surface area contributed by atoms with Crippen molar-refractivity contribution in [2.45, 2.75) is 58.3 Å². The summed E-state index contributed by atoms with van der Waals surface area (Å²) in [6.07, 6.45) is 9.31. The zero-order chi connectivity index (χ0) is 13.7. The van der Waals surface area contributed by atoms with Crippen LogP contribution in [0.5, 0.6) is 0 Å². The van der Waals surface area contributed by atoms with E-state index in [1.807, 2.05) is 0 Å². The van der Waals surface area contributed by atoms with Gasteiger partial charge in [0.25, 0.3) is 0 Å². The fourth-order valence-electron chi connectivity index (χ4n) is 3.56. The molecule has 1 aliphatic carbocycles. The van der Waals surface area contributed by atoms with Gasteiger partial charge in [0, 0.05) is 19.5 Å². The Morgan fingerprint density at radius 3 is 2.42 bits per heavy atom. The molecule has 1 saturated carbocycles. The van der Waals surface area contributed by atoms with Crippen LogP contribution in [-0.2, 0) is 4.79 Å². The molecule has 1 unspecified atom stereocenters. The van der Waals surface area contributed by atoms with Gasteiger partial charge in [-0.05, 0) is 69.2 Å². The number of carbonyl (C=O) groups is 1. The molecule has 110 valence electrons. The van der Waals surface area contributed by atoms with Gasteiger partial charge in [0.15, 0.2) is 0 Å². The Labute approximate surface area is 117 Å². The minimum Gasteiger partial charge on any atom is -0.343 e. The van der Waals surface area contributed by atoms with Crippen molar-refractivity contribution in [2.75, 3.05) is 19.6 Å². The summed E-state index contributed by atoms with van der Waals surface area (Å²) >= 11 is 0. The summed E-state index contributed by atoms with van der Waals surface area (Å²) in [7, 11) is 0. The van der Waals surface area contributed by atoms with E-state index in [-0.39, 0.29) is 0 Å². The van der Waals surface area contributed by atoms with E-state index in [0.29, 0.717) is 17.7 Å². The van der Waals surface area contributed by atoms with E-state index in [1.165, 1.54) is 44.9 Å². The Morgan fingerprint density at radius 1 is 1.05 bits per heavy atom. The molecule has 0 bridgehead atoms. The summed E-state index contributed by atoms with van der Waals surface area (Å²) < 4.78 is 0. The Bertz CT molecular complexity index is 284. The van der Waals surface area contributed by atoms with Crippen LogP contribution in [0.1, 0.15) is 58.3 Å². The van der Waals surface area contributed by atoms with Crippen molar-refractivity contribution >= 4 is 5.91 Å². The predicted molar refractivity (Wildman–Crippen MR) is 78.7 cm³/mol. The molecule has 2 aliphatic rings. The second-order valence-electron chi connectivity index (χ2n) is 6.74. The van der Waals surface area contributed by atoms with Crippen LogP contribution in [0.25, 0.3) is 0 Å². The molecule has 1 saturated heterocycles. The second-order valence-corrected chi connectivity index (χ2v) is 6.74. The van der Waals surface area contributed by atoms with Gasteiger partial charge in [-0.25, -0.2) is 0 Å². The van der Waals surface area contributed by atoms with Crippen LogP contribution in [0.15, 0.2) is 0 Å². The normalized spacial score (nSPS) is 32.9. The van der Waals surface area contributed by atoms with E-state index in [0.717, 1.165) is 32.0 Å². The first kappa shape index (κ1) is 14.8. The molecule has 0 aromatic rings. The summed E-state index contributed by atoms with van der Waals surface area (Å²) in [5, 5.41) is 0. The topological polar surface area (TPSA) is 46.3 Å². The molecule has 1 aliphatic heterocycles. The summed E-state index contributed by atoms with van der Waals surface area (Å²) in [6, 6.07) is 0. The molecule has 0 aromatic carbocycles. The number of hydrogen-bond acceptors (Lipinski definition) is 2. The molecule has 2 fully saturated rings. The highest BCUT2D eigenvalue weighted by Gasteiger charge is 2.25. The van der Waals surface area contributed by atoms with E-state index in [9.17, 15) is 4.79 Å². The number of nitrogens with two attached hydrogens (primary N) is 1. The van der Waals surface area contributed by atoms with Crippen molar-refractivity contribution < 1.29 is 4.79 Å². The zero-order valence-electron chi connectivity index (χ0n) is 12.4. The van der Waals surface area contributed by atoms with E-state index in [2.05, 4.69) is 11.8 Å². The number of hydrogen-bond donors (Lipinski definition) is 1. The first-order valence-corrected chi connectivity index (χ1v) is 8.17. The maximum atomic E-state index is 12.4. The molecular formula is C16H30N2O. The number of likely N-dealkylation sites (tertiary alicyclic amines) is 1. The van der Waals surface area contributed by atoms with Gasteiger partial charge in [-0.1, -0.05) is 6.92 Å². The van der Waals surface area contributed by atoms with Gasteiger partial charge >= 0.3 is 0 Å². The van der Waals surface area contributed by atoms with Gasteiger partial charge in [-0.3, -0.25) is 4.79 Å². The molecule has 1 heterocycles. The molecule has 1 amide bonds. The maximum absolute atomic E-state index is 12.4. The third-order valence-corrected chi connectivity index (χ3v) is 5.13. The fraction of sp³-hybridized carbons (Fsp3) is 0.938. The quantitative estimate of drug-likeness (QED) is 0.854. The average molecular weight is 266 g/mol. The van der Waals surface area contributed by atoms with Gasteiger partial charge in [0.1, 0.15) is 0 Å². The minimum absolute atomic E-state index is 0.408. The molecule has 0 radical (unpaired) electrons. The lowest BCUT2D eigenvalue weighted by Gasteiger charge is -2.29. The van der Waals surface area contributed by atoms with Crippen molar-refractivity contribution in [3.8, 4) is 0 Å². The van der Waals surface area contributed by atoms with Gasteiger partial charge in [0.05, 0.1) is 0 Å². The van der Waals surface area contributed by atoms with Crippen LogP contribution in [-0.4, -0.2) is 30.4 Å². The minimum atomic E-state index is 0.408. The van der Waals surface area contributed by atoms with Crippen LogP contribution in [0, 0.1) is 17.8 Å². The maximum Gasteiger partial charge on any atom is 0.222 e. The second kappa shape index (κ2) is 7.28. The molecule has 2 rings (SSSR count). The summed E-state index contributed by atoms with van der Waals surface area (Å²) in [5.41, 5.74) is 5.72. The van der Waals surface area contributed by atoms with Crippen LogP contribution < -0.4 is 5.73 Å². The lowest BCUT2D eigenvalue weighted by molar-refractivity contribution is -0.132. The standard InChI is InChI=1S/C16H30N2O/c1-13-3-2-9-18(10-8-13)16(19)11-14-4-6-15(12-17)7-5-14/h13-15H,2-12,17H2,1H3. The lowest BCUT2D eigenvalue weighted by Crippen LogP contribution is -2.34. The third-order valence-electron chi connectivity index (χ3n) is 5.13. The van der Waals surface area contributed by atoms with E-state index >= 15 is 0 Å². The molecule has 1 atom stereocenters. The summed E-state index contributed by atoms with van der Waals surface area (Å²) in [4.78, 5) is 14.5. The molecular weight excluding hydrogens is 236 g/mol. The lowest BCUT2D eigenvalue weighted by atomic mass is 9.80. The molecule has 19 heavy (non-hydrogen) atoms. The highest BCUT2D eigenvalue weighted by atomic mass is 16.2. The largest absolute Gasteiger partial charge is 0.343 e. The fourth-order valence-corrected chi connectivity index (χ4v) is 3.56. The van der Waals surface area contributed by atoms with Crippen LogP contribution >= 0.6 is 0 Å². The number of amides is 1. The van der Waals surface area contributed by atoms with Gasteiger partial charge in [-0.2, -0.15) is 0 Å². The first-order valence-electron chi connectivity index (χ1n) is 8.17. The Hall–Kier alpha value is -0.570. The van der Waals surface area contributed by atoms with Crippen molar-refractivity contribution in [1.29, 1.82) is 0 Å². The molecule has 0 aromatic heterocycles. The molecule has 3 heteroatoms. The van der Waals surface area contributed by atoms with Crippen LogP contribution in [0.2, 0.25) is 0 Å². The monoisotopic (exact) mass is 266 g/mol. The third kappa shape index (κ3) is 4.48. The van der Waals surface area contributed by atoms with Gasteiger partial charge in [0.2, 0.25) is 5.91 Å². The number of nitrogens with zero attached hydrogens (tertiary/aromatic N) is 1. The Kier molecular flexibility index (Phi) is 5.68. The van der Waals surface area contributed by atoms with Crippen LogP contribution in [0.4, 0.5) is 0 Å². The Balaban J connectivity index is 1.74. The Morgan fingerprint density at radius 2 is 1.74 bits per heavy atom. The molecule has 0 spiro atoms. The SMILES string of the molecule is CC1CCCN(C(=O)CC2CCC(CN)CC2)CC1. The van der Waals surface area contributed by atoms with Crippen molar-refractivity contribution in [1.82, 2.24) is 4.90 Å². The van der Waals surface area contributed by atoms with E-state index in [4.69, 9.17) is 5.73 Å². The number of rotatable bonds is 3. The summed E-state index contributed by atoms with van der Waals surface area (Å²) in [5.74, 6) is 2.53. The highest BCUT2D eigenvalue weighted by molar-refractivity contribution is 5.76. The van der Waals surface area contributed by atoms with Gasteiger partial charge in [-0.15, -0.1) is 0 Å². The smallest absolute Gasteiger partial charge is 0.222 e. The van der Waals surface area contributed by atoms with E-state index < -0.39 is 0 Å². The highest BCUT2D eigenvalue weighted by Crippen LogP contribution is 2.31.